The third-order valence-corrected chi connectivity index (χ3v) is 5.45. The van der Waals surface area contributed by atoms with Gasteiger partial charge in [-0.1, -0.05) is 30.3 Å². The molecule has 138 valence electrons. The van der Waals surface area contributed by atoms with Crippen LogP contribution in [0.1, 0.15) is 10.4 Å². The number of carbonyl (C=O) groups is 1. The molecule has 0 saturated heterocycles. The fourth-order valence-electron chi connectivity index (χ4n) is 2.56. The quantitative estimate of drug-likeness (QED) is 0.582. The molecule has 27 heavy (non-hydrogen) atoms. The van der Waals surface area contributed by atoms with E-state index in [1.54, 1.807) is 24.3 Å². The van der Waals surface area contributed by atoms with E-state index < -0.39 is 15.7 Å². The van der Waals surface area contributed by atoms with Gasteiger partial charge in [0.15, 0.2) is 9.84 Å². The van der Waals surface area contributed by atoms with Gasteiger partial charge in [0.2, 0.25) is 5.91 Å². The third kappa shape index (κ3) is 4.65. The number of sulfone groups is 1. The lowest BCUT2D eigenvalue weighted by molar-refractivity contribution is 0.0997. The van der Waals surface area contributed by atoms with Crippen LogP contribution >= 0.6 is 0 Å². The molecular formula is C20H19N3O3S. The second kappa shape index (κ2) is 7.92. The van der Waals surface area contributed by atoms with E-state index >= 15 is 0 Å². The largest absolute Gasteiger partial charge is 0.371 e. The van der Waals surface area contributed by atoms with Crippen molar-refractivity contribution in [1.82, 2.24) is 0 Å². The monoisotopic (exact) mass is 381 g/mol. The maximum atomic E-state index is 12.6. The Bertz CT molecular complexity index is 1030. The summed E-state index contributed by atoms with van der Waals surface area (Å²) in [5.74, 6) is -1.12. The van der Waals surface area contributed by atoms with Gasteiger partial charge in [0.1, 0.15) is 5.88 Å². The van der Waals surface area contributed by atoms with Gasteiger partial charge in [0, 0.05) is 17.1 Å². The Hall–Kier alpha value is -3.32. The molecule has 6 nitrogen and oxygen atoms in total. The molecule has 0 aliphatic heterocycles. The van der Waals surface area contributed by atoms with Crippen molar-refractivity contribution in [3.63, 3.8) is 0 Å². The van der Waals surface area contributed by atoms with E-state index in [9.17, 15) is 13.2 Å². The first-order chi connectivity index (χ1) is 13.0. The minimum atomic E-state index is -3.72. The standard InChI is InChI=1S/C20H19N3O3S/c21-20(24)18-8-4-5-9-19(18)27(25,26)14-22-15-10-12-17(13-11-15)23-16-6-2-1-3-7-16/h1-13,22-23H,14H2,(H2,21,24). The lowest BCUT2D eigenvalue weighted by atomic mass is 10.2. The summed E-state index contributed by atoms with van der Waals surface area (Å²) in [6.07, 6.45) is 0. The smallest absolute Gasteiger partial charge is 0.250 e. The molecule has 3 rings (SSSR count). The Morgan fingerprint density at radius 3 is 2.00 bits per heavy atom. The molecule has 7 heteroatoms. The van der Waals surface area contributed by atoms with Gasteiger partial charge >= 0.3 is 0 Å². The number of nitrogens with two attached hydrogens (primary N) is 1. The first kappa shape index (κ1) is 18.5. The van der Waals surface area contributed by atoms with E-state index in [2.05, 4.69) is 10.6 Å². The maximum absolute atomic E-state index is 12.6. The van der Waals surface area contributed by atoms with Crippen molar-refractivity contribution in [3.8, 4) is 0 Å². The van der Waals surface area contributed by atoms with Crippen molar-refractivity contribution in [1.29, 1.82) is 0 Å². The van der Waals surface area contributed by atoms with Crippen LogP contribution in [0, 0.1) is 0 Å². The van der Waals surface area contributed by atoms with Crippen LogP contribution in [0.25, 0.3) is 0 Å². The Morgan fingerprint density at radius 1 is 0.778 bits per heavy atom. The van der Waals surface area contributed by atoms with Crippen LogP contribution in [-0.2, 0) is 9.84 Å². The molecule has 0 fully saturated rings. The van der Waals surface area contributed by atoms with Gasteiger partial charge in [0.25, 0.3) is 0 Å². The number of nitrogens with one attached hydrogen (secondary N) is 2. The zero-order valence-corrected chi connectivity index (χ0v) is 15.2. The summed E-state index contributed by atoms with van der Waals surface area (Å²) in [6.45, 7) is 0. The predicted molar refractivity (Wildman–Crippen MR) is 107 cm³/mol. The summed E-state index contributed by atoms with van der Waals surface area (Å²) in [5.41, 5.74) is 7.75. The van der Waals surface area contributed by atoms with Crippen LogP contribution in [0.2, 0.25) is 0 Å². The van der Waals surface area contributed by atoms with Crippen LogP contribution in [0.15, 0.2) is 83.8 Å². The van der Waals surface area contributed by atoms with E-state index in [0.717, 1.165) is 11.4 Å². The average Bonchev–Trinajstić information content (AvgIpc) is 2.68. The van der Waals surface area contributed by atoms with Crippen LogP contribution < -0.4 is 16.4 Å². The highest BCUT2D eigenvalue weighted by molar-refractivity contribution is 7.91. The fraction of sp³-hybridized carbons (Fsp3) is 0.0500. The first-order valence-electron chi connectivity index (χ1n) is 8.23. The molecule has 0 radical (unpaired) electrons. The molecule has 4 N–H and O–H groups in total. The highest BCUT2D eigenvalue weighted by atomic mass is 32.2. The molecule has 0 saturated carbocycles. The summed E-state index contributed by atoms with van der Waals surface area (Å²) >= 11 is 0. The van der Waals surface area contributed by atoms with Crippen molar-refractivity contribution in [2.24, 2.45) is 5.73 Å². The molecule has 0 aliphatic rings. The highest BCUT2D eigenvalue weighted by Crippen LogP contribution is 2.20. The Balaban J connectivity index is 1.69. The Morgan fingerprint density at radius 2 is 1.33 bits per heavy atom. The maximum Gasteiger partial charge on any atom is 0.250 e. The number of para-hydroxylation sites is 1. The van der Waals surface area contributed by atoms with E-state index in [1.807, 2.05) is 42.5 Å². The minimum Gasteiger partial charge on any atom is -0.371 e. The van der Waals surface area contributed by atoms with Gasteiger partial charge in [-0.3, -0.25) is 4.79 Å². The summed E-state index contributed by atoms with van der Waals surface area (Å²) in [5, 5.41) is 6.12. The first-order valence-corrected chi connectivity index (χ1v) is 9.88. The Kier molecular flexibility index (Phi) is 5.42. The number of primary amides is 1. The number of amides is 1. The van der Waals surface area contributed by atoms with Gasteiger partial charge in [-0.15, -0.1) is 0 Å². The topological polar surface area (TPSA) is 101 Å². The van der Waals surface area contributed by atoms with Crippen molar-refractivity contribution in [2.45, 2.75) is 4.90 Å². The third-order valence-electron chi connectivity index (χ3n) is 3.90. The number of carbonyl (C=O) groups excluding carboxylic acids is 1. The lowest BCUT2D eigenvalue weighted by Crippen LogP contribution is -2.20. The molecule has 0 unspecified atom stereocenters. The minimum absolute atomic E-state index is 0.0123. The molecule has 0 aliphatic carbocycles. The number of anilines is 3. The van der Waals surface area contributed by atoms with Gasteiger partial charge in [-0.05, 0) is 48.5 Å². The molecule has 3 aromatic rings. The molecule has 0 spiro atoms. The van der Waals surface area contributed by atoms with Crippen LogP contribution in [0.5, 0.6) is 0 Å². The van der Waals surface area contributed by atoms with Crippen molar-refractivity contribution in [2.75, 3.05) is 16.5 Å². The zero-order valence-electron chi connectivity index (χ0n) is 14.4. The summed E-state index contributed by atoms with van der Waals surface area (Å²) < 4.78 is 25.1. The molecule has 0 bridgehead atoms. The second-order valence-electron chi connectivity index (χ2n) is 5.86. The summed E-state index contributed by atoms with van der Waals surface area (Å²) in [4.78, 5) is 11.4. The van der Waals surface area contributed by atoms with Gasteiger partial charge < -0.3 is 16.4 Å². The van der Waals surface area contributed by atoms with E-state index in [1.165, 1.54) is 12.1 Å². The molecule has 0 aromatic heterocycles. The molecule has 1 amide bonds. The number of benzene rings is 3. The number of hydrogen-bond acceptors (Lipinski definition) is 5. The van der Waals surface area contributed by atoms with Crippen molar-refractivity contribution < 1.29 is 13.2 Å². The van der Waals surface area contributed by atoms with Crippen LogP contribution in [0.3, 0.4) is 0 Å². The summed E-state index contributed by atoms with van der Waals surface area (Å²) in [6, 6.07) is 22.9. The van der Waals surface area contributed by atoms with E-state index in [-0.39, 0.29) is 16.3 Å². The lowest BCUT2D eigenvalue weighted by Gasteiger charge is -2.11. The molecule has 3 aromatic carbocycles. The molecular weight excluding hydrogens is 362 g/mol. The van der Waals surface area contributed by atoms with Crippen molar-refractivity contribution in [3.05, 3.63) is 84.4 Å². The van der Waals surface area contributed by atoms with E-state index in [4.69, 9.17) is 5.73 Å². The van der Waals surface area contributed by atoms with Crippen LogP contribution in [-0.4, -0.2) is 20.2 Å². The Labute approximate surface area is 158 Å². The average molecular weight is 381 g/mol. The van der Waals surface area contributed by atoms with Gasteiger partial charge in [-0.2, -0.15) is 0 Å². The van der Waals surface area contributed by atoms with Crippen molar-refractivity contribution >= 4 is 32.8 Å². The highest BCUT2D eigenvalue weighted by Gasteiger charge is 2.20. The predicted octanol–water partition coefficient (Wildman–Crippen LogP) is 3.37. The second-order valence-corrected chi connectivity index (χ2v) is 7.82. The number of rotatable bonds is 7. The van der Waals surface area contributed by atoms with Gasteiger partial charge in [0.05, 0.1) is 10.5 Å². The SMILES string of the molecule is NC(=O)c1ccccc1S(=O)(=O)CNc1ccc(Nc2ccccc2)cc1. The zero-order chi connectivity index (χ0) is 19.3. The molecule has 0 heterocycles. The fourth-order valence-corrected chi connectivity index (χ4v) is 3.86. The molecule has 0 atom stereocenters. The summed E-state index contributed by atoms with van der Waals surface area (Å²) in [7, 11) is -3.72. The van der Waals surface area contributed by atoms with E-state index in [0.29, 0.717) is 5.69 Å². The van der Waals surface area contributed by atoms with Crippen LogP contribution in [0.4, 0.5) is 17.1 Å². The normalized spacial score (nSPS) is 11.0. The number of hydrogen-bond donors (Lipinski definition) is 3. The van der Waals surface area contributed by atoms with Gasteiger partial charge in [-0.25, -0.2) is 8.42 Å².